The molecule has 47 heavy (non-hydrogen) atoms. The Morgan fingerprint density at radius 3 is 2.43 bits per heavy atom. The van der Waals surface area contributed by atoms with Gasteiger partial charge in [0.25, 0.3) is 11.2 Å². The number of aryl methyl sites for hydroxylation is 2. The lowest BCUT2D eigenvalue weighted by Crippen LogP contribution is -2.40. The molecule has 10 nitrogen and oxygen atoms in total. The van der Waals surface area contributed by atoms with E-state index >= 15 is 0 Å². The first-order valence-corrected chi connectivity index (χ1v) is 16.1. The quantitative estimate of drug-likeness (QED) is 0.0913. The van der Waals surface area contributed by atoms with E-state index in [1.54, 1.807) is 37.3 Å². The first kappa shape index (κ1) is 31.7. The van der Waals surface area contributed by atoms with Gasteiger partial charge < -0.3 is 4.74 Å². The number of carbonyl (C=O) groups excluding carboxylic acids is 1. The molecule has 1 aliphatic rings. The summed E-state index contributed by atoms with van der Waals surface area (Å²) < 4.78 is 21.1. The number of ether oxygens (including phenoxy) is 1. The van der Waals surface area contributed by atoms with Crippen molar-refractivity contribution in [3.05, 3.63) is 148 Å². The highest BCUT2D eigenvalue weighted by molar-refractivity contribution is 7.99. The van der Waals surface area contributed by atoms with Crippen molar-refractivity contribution in [2.45, 2.75) is 36.9 Å². The average molecular weight is 668 g/mol. The van der Waals surface area contributed by atoms with Crippen molar-refractivity contribution in [3.63, 3.8) is 0 Å². The molecule has 0 aliphatic carbocycles. The van der Waals surface area contributed by atoms with E-state index in [1.165, 1.54) is 34.9 Å². The number of nitro groups is 1. The molecular weight excluding hydrogens is 642 g/mol. The molecule has 3 heterocycles. The van der Waals surface area contributed by atoms with Gasteiger partial charge in [-0.2, -0.15) is 0 Å². The minimum absolute atomic E-state index is 0.0909. The first-order chi connectivity index (χ1) is 22.6. The second-order valence-corrected chi connectivity index (χ2v) is 12.5. The predicted octanol–water partition coefficient (Wildman–Crippen LogP) is 5.54. The molecule has 0 bridgehead atoms. The molecule has 0 spiro atoms. The monoisotopic (exact) mass is 667 g/mol. The van der Waals surface area contributed by atoms with Crippen LogP contribution in [-0.4, -0.2) is 32.0 Å². The standard InChI is InChI=1S/C34H26FN5O5S2/c1-4-45-32(42)28-29(22-8-6-5-7-9-22)38-34-39(30(28)23-11-13-24(35)14-12-23)31(41)27(47-34)18-21-10-15-26(25(17-21)40(43)44)46-33-36-19(2)16-20(3)37-33/h5-18,30H,4H2,1-3H3/b27-18+/t30-/m1/s1. The minimum Gasteiger partial charge on any atom is -0.463 e. The predicted molar refractivity (Wildman–Crippen MR) is 176 cm³/mol. The maximum Gasteiger partial charge on any atom is 0.338 e. The number of fused-ring (bicyclic) bond motifs is 1. The van der Waals surface area contributed by atoms with Gasteiger partial charge in [0.15, 0.2) is 9.96 Å². The molecule has 1 atom stereocenters. The molecule has 0 N–H and O–H groups in total. The second kappa shape index (κ2) is 13.2. The molecule has 0 fully saturated rings. The van der Waals surface area contributed by atoms with Crippen molar-refractivity contribution < 1.29 is 18.8 Å². The Hall–Kier alpha value is -5.27. The Labute approximate surface area is 275 Å². The van der Waals surface area contributed by atoms with E-state index in [-0.39, 0.29) is 22.4 Å². The molecule has 236 valence electrons. The molecule has 13 heteroatoms. The number of halogens is 1. The van der Waals surface area contributed by atoms with Crippen LogP contribution in [0.5, 0.6) is 0 Å². The summed E-state index contributed by atoms with van der Waals surface area (Å²) >= 11 is 2.16. The average Bonchev–Trinajstić information content (AvgIpc) is 3.35. The Balaban J connectivity index is 1.52. The molecular formula is C34H26FN5O5S2. The molecule has 0 unspecified atom stereocenters. The molecule has 2 aromatic heterocycles. The van der Waals surface area contributed by atoms with Gasteiger partial charge in [0.2, 0.25) is 0 Å². The van der Waals surface area contributed by atoms with Crippen LogP contribution in [0, 0.1) is 29.8 Å². The number of nitrogens with zero attached hydrogens (tertiary/aromatic N) is 5. The van der Waals surface area contributed by atoms with Gasteiger partial charge in [0.1, 0.15) is 5.82 Å². The summed E-state index contributed by atoms with van der Waals surface area (Å²) in [5.74, 6) is -1.13. The van der Waals surface area contributed by atoms with Crippen molar-refractivity contribution in [3.8, 4) is 0 Å². The Kier molecular flexibility index (Phi) is 8.92. The Bertz CT molecular complexity index is 2230. The topological polar surface area (TPSA) is 130 Å². The van der Waals surface area contributed by atoms with Gasteiger partial charge in [-0.1, -0.05) is 59.9 Å². The second-order valence-electron chi connectivity index (χ2n) is 10.5. The van der Waals surface area contributed by atoms with Gasteiger partial charge in [0, 0.05) is 23.0 Å². The summed E-state index contributed by atoms with van der Waals surface area (Å²) in [4.78, 5) is 53.4. The van der Waals surface area contributed by atoms with Crippen LogP contribution in [0.25, 0.3) is 11.8 Å². The third-order valence-electron chi connectivity index (χ3n) is 7.20. The molecule has 3 aromatic carbocycles. The van der Waals surface area contributed by atoms with E-state index < -0.39 is 28.3 Å². The molecule has 0 amide bonds. The highest BCUT2D eigenvalue weighted by Gasteiger charge is 2.35. The maximum atomic E-state index is 14.1. The smallest absolute Gasteiger partial charge is 0.338 e. The highest BCUT2D eigenvalue weighted by Crippen LogP contribution is 2.36. The molecule has 0 radical (unpaired) electrons. The van der Waals surface area contributed by atoms with Crippen LogP contribution in [0.1, 0.15) is 41.0 Å². The van der Waals surface area contributed by atoms with Gasteiger partial charge in [0.05, 0.1) is 38.3 Å². The zero-order chi connectivity index (χ0) is 33.2. The zero-order valence-electron chi connectivity index (χ0n) is 25.3. The van der Waals surface area contributed by atoms with E-state index in [4.69, 9.17) is 9.73 Å². The summed E-state index contributed by atoms with van der Waals surface area (Å²) in [6, 6.07) is 20.1. The molecule has 5 aromatic rings. The number of carbonyl (C=O) groups is 1. The van der Waals surface area contributed by atoms with Crippen LogP contribution in [0.3, 0.4) is 0 Å². The molecule has 0 saturated heterocycles. The largest absolute Gasteiger partial charge is 0.463 e. The number of rotatable bonds is 8. The SMILES string of the molecule is CCOC(=O)C1=C(c2ccccc2)N=c2s/c(=C/c3ccc(Sc4nc(C)cc(C)n4)c([N+](=O)[O-])c3)c(=O)n2[C@@H]1c1ccc(F)cc1. The number of esters is 1. The Morgan fingerprint density at radius 1 is 1.06 bits per heavy atom. The van der Waals surface area contributed by atoms with Crippen LogP contribution >= 0.6 is 23.1 Å². The van der Waals surface area contributed by atoms with Crippen molar-refractivity contribution in [1.29, 1.82) is 0 Å². The minimum atomic E-state index is -0.978. The summed E-state index contributed by atoms with van der Waals surface area (Å²) in [6.07, 6.45) is 1.55. The normalized spacial score (nSPS) is 14.5. The van der Waals surface area contributed by atoms with Crippen LogP contribution in [0.2, 0.25) is 0 Å². The number of thiazole rings is 1. The van der Waals surface area contributed by atoms with Crippen LogP contribution < -0.4 is 14.9 Å². The van der Waals surface area contributed by atoms with E-state index in [2.05, 4.69) is 9.97 Å². The van der Waals surface area contributed by atoms with Gasteiger partial charge in [-0.25, -0.2) is 24.1 Å². The number of hydrogen-bond donors (Lipinski definition) is 0. The van der Waals surface area contributed by atoms with Crippen LogP contribution in [0.4, 0.5) is 10.1 Å². The molecule has 1 aliphatic heterocycles. The fraction of sp³-hybridized carbons (Fsp3) is 0.147. The van der Waals surface area contributed by atoms with E-state index in [0.717, 1.165) is 34.5 Å². The summed E-state index contributed by atoms with van der Waals surface area (Å²) in [5, 5.41) is 12.5. The van der Waals surface area contributed by atoms with Crippen LogP contribution in [0.15, 0.2) is 104 Å². The number of hydrogen-bond acceptors (Lipinski definition) is 10. The van der Waals surface area contributed by atoms with Gasteiger partial charge in [-0.05, 0) is 74.0 Å². The van der Waals surface area contributed by atoms with Gasteiger partial charge in [-0.3, -0.25) is 19.5 Å². The highest BCUT2D eigenvalue weighted by atomic mass is 32.2. The van der Waals surface area contributed by atoms with Crippen LogP contribution in [-0.2, 0) is 9.53 Å². The fourth-order valence-electron chi connectivity index (χ4n) is 5.24. The van der Waals surface area contributed by atoms with Gasteiger partial charge in [-0.15, -0.1) is 0 Å². The van der Waals surface area contributed by atoms with E-state index in [1.807, 2.05) is 38.1 Å². The number of aromatic nitrogens is 3. The molecule has 0 saturated carbocycles. The lowest BCUT2D eigenvalue weighted by molar-refractivity contribution is -0.387. The zero-order valence-corrected chi connectivity index (χ0v) is 27.0. The maximum absolute atomic E-state index is 14.1. The van der Waals surface area contributed by atoms with Crippen molar-refractivity contribution in [2.24, 2.45) is 4.99 Å². The van der Waals surface area contributed by atoms with Gasteiger partial charge >= 0.3 is 5.97 Å². The third-order valence-corrected chi connectivity index (χ3v) is 9.11. The van der Waals surface area contributed by atoms with Crippen molar-refractivity contribution in [2.75, 3.05) is 6.61 Å². The fourth-order valence-corrected chi connectivity index (χ4v) is 7.19. The Morgan fingerprint density at radius 2 is 1.77 bits per heavy atom. The first-order valence-electron chi connectivity index (χ1n) is 14.5. The summed E-state index contributed by atoms with van der Waals surface area (Å²) in [7, 11) is 0. The summed E-state index contributed by atoms with van der Waals surface area (Å²) in [5.41, 5.74) is 2.85. The third kappa shape index (κ3) is 6.53. The molecule has 6 rings (SSSR count). The van der Waals surface area contributed by atoms with E-state index in [0.29, 0.717) is 37.2 Å². The lowest BCUT2D eigenvalue weighted by Gasteiger charge is -2.25. The van der Waals surface area contributed by atoms with E-state index in [9.17, 15) is 24.1 Å². The van der Waals surface area contributed by atoms with Crippen molar-refractivity contribution in [1.82, 2.24) is 14.5 Å². The number of nitro benzene ring substituents is 1. The lowest BCUT2D eigenvalue weighted by atomic mass is 9.93. The number of benzene rings is 3. The summed E-state index contributed by atoms with van der Waals surface area (Å²) in [6.45, 7) is 5.42. The van der Waals surface area contributed by atoms with Crippen molar-refractivity contribution >= 4 is 46.5 Å².